The average molecular weight is 403 g/mol. The minimum absolute atomic E-state index is 0.0704. The van der Waals surface area contributed by atoms with E-state index in [4.69, 9.17) is 14.6 Å². The molecule has 0 aliphatic rings. The van der Waals surface area contributed by atoms with E-state index in [1.165, 1.54) is 27.2 Å². The van der Waals surface area contributed by atoms with Crippen LogP contribution in [0.25, 0.3) is 0 Å². The molecular weight excluding hydrogens is 390 g/mol. The van der Waals surface area contributed by atoms with Crippen LogP contribution in [0.3, 0.4) is 0 Å². The zero-order valence-electron chi connectivity index (χ0n) is 13.6. The van der Waals surface area contributed by atoms with Crippen LogP contribution in [0.15, 0.2) is 11.0 Å². The summed E-state index contributed by atoms with van der Waals surface area (Å²) in [6.45, 7) is 1.37. The first-order chi connectivity index (χ1) is 12.2. The number of carbonyl (C=O) groups excluding carboxylic acids is 1. The molecule has 0 saturated carbocycles. The van der Waals surface area contributed by atoms with Crippen LogP contribution in [-0.4, -0.2) is 54.1 Å². The summed E-state index contributed by atoms with van der Waals surface area (Å²) in [6, 6.07) is 0.140. The van der Waals surface area contributed by atoms with Crippen molar-refractivity contribution in [2.75, 3.05) is 19.5 Å². The van der Waals surface area contributed by atoms with Gasteiger partial charge in [0.05, 0.1) is 20.3 Å². The molecule has 2 heterocycles. The summed E-state index contributed by atoms with van der Waals surface area (Å²) in [5.41, 5.74) is -0.674. The van der Waals surface area contributed by atoms with E-state index in [1.54, 1.807) is 4.72 Å². The third-order valence-corrected chi connectivity index (χ3v) is 5.20. The van der Waals surface area contributed by atoms with Gasteiger partial charge in [0.15, 0.2) is 5.69 Å². The number of methoxy groups -OCH3 is 2. The quantitative estimate of drug-likeness (QED) is 0.616. The molecule has 0 spiro atoms. The first kappa shape index (κ1) is 19.3. The third-order valence-electron chi connectivity index (χ3n) is 2.83. The SMILES string of the molecule is COc1cc(OC)nc(NC(=O)NS(=O)(=O)c2c(C(=O)O)nsc2C)n1. The highest BCUT2D eigenvalue weighted by Gasteiger charge is 2.30. The van der Waals surface area contributed by atoms with Gasteiger partial charge >= 0.3 is 12.0 Å². The summed E-state index contributed by atoms with van der Waals surface area (Å²) >= 11 is 0.688. The number of hydrogen-bond donors (Lipinski definition) is 3. The van der Waals surface area contributed by atoms with Crippen molar-refractivity contribution in [2.24, 2.45) is 0 Å². The molecule has 14 heteroatoms. The number of urea groups is 1. The Balaban J connectivity index is 2.25. The van der Waals surface area contributed by atoms with Gasteiger partial charge in [-0.25, -0.2) is 22.7 Å². The minimum atomic E-state index is -4.49. The summed E-state index contributed by atoms with van der Waals surface area (Å²) in [5.74, 6) is -1.68. The van der Waals surface area contributed by atoms with Crippen molar-refractivity contribution < 1.29 is 32.6 Å². The highest BCUT2D eigenvalue weighted by Crippen LogP contribution is 2.23. The molecule has 0 bridgehead atoms. The van der Waals surface area contributed by atoms with Gasteiger partial charge in [-0.1, -0.05) is 0 Å². The zero-order valence-corrected chi connectivity index (χ0v) is 15.3. The maximum atomic E-state index is 12.3. The van der Waals surface area contributed by atoms with E-state index in [0.717, 1.165) is 0 Å². The highest BCUT2D eigenvalue weighted by atomic mass is 32.2. The topological polar surface area (TPSA) is 170 Å². The van der Waals surface area contributed by atoms with Crippen molar-refractivity contribution in [2.45, 2.75) is 11.8 Å². The van der Waals surface area contributed by atoms with Crippen molar-refractivity contribution in [1.29, 1.82) is 0 Å². The Hall–Kier alpha value is -3.00. The smallest absolute Gasteiger partial charge is 0.357 e. The highest BCUT2D eigenvalue weighted by molar-refractivity contribution is 7.90. The number of carboxylic acids is 1. The lowest BCUT2D eigenvalue weighted by atomic mass is 10.4. The number of carbonyl (C=O) groups is 2. The molecule has 0 aliphatic carbocycles. The molecule has 3 N–H and O–H groups in total. The van der Waals surface area contributed by atoms with Crippen LogP contribution in [-0.2, 0) is 10.0 Å². The minimum Gasteiger partial charge on any atom is -0.481 e. The Morgan fingerprint density at radius 2 is 1.77 bits per heavy atom. The molecule has 26 heavy (non-hydrogen) atoms. The summed E-state index contributed by atoms with van der Waals surface area (Å²) in [6.07, 6.45) is 0. The van der Waals surface area contributed by atoms with Gasteiger partial charge in [0.25, 0.3) is 10.0 Å². The van der Waals surface area contributed by atoms with Gasteiger partial charge in [-0.15, -0.1) is 0 Å². The number of anilines is 1. The molecule has 0 aliphatic heterocycles. The predicted octanol–water partition coefficient (Wildman–Crippen LogP) is 0.467. The van der Waals surface area contributed by atoms with Gasteiger partial charge in [0, 0.05) is 4.88 Å². The third kappa shape index (κ3) is 4.15. The molecule has 12 nitrogen and oxygen atoms in total. The van der Waals surface area contributed by atoms with Crippen LogP contribution >= 0.6 is 11.5 Å². The first-order valence-electron chi connectivity index (χ1n) is 6.68. The molecule has 0 radical (unpaired) electrons. The van der Waals surface area contributed by atoms with E-state index >= 15 is 0 Å². The first-order valence-corrected chi connectivity index (χ1v) is 8.94. The van der Waals surface area contributed by atoms with Gasteiger partial charge < -0.3 is 14.6 Å². The van der Waals surface area contributed by atoms with Crippen LogP contribution in [0.5, 0.6) is 11.8 Å². The molecular formula is C12H13N5O7S2. The Labute approximate surface area is 151 Å². The van der Waals surface area contributed by atoms with Gasteiger partial charge in [-0.2, -0.15) is 14.3 Å². The number of aromatic nitrogens is 3. The molecule has 0 unspecified atom stereocenters. The second-order valence-electron chi connectivity index (χ2n) is 4.56. The largest absolute Gasteiger partial charge is 0.481 e. The molecule has 2 amide bonds. The van der Waals surface area contributed by atoms with E-state index in [1.807, 2.05) is 0 Å². The number of sulfonamides is 1. The number of amides is 2. The number of ether oxygens (including phenoxy) is 2. The van der Waals surface area contributed by atoms with E-state index in [-0.39, 0.29) is 22.6 Å². The van der Waals surface area contributed by atoms with Crippen molar-refractivity contribution in [3.05, 3.63) is 16.6 Å². The monoisotopic (exact) mass is 403 g/mol. The standard InChI is InChI=1S/C12H13N5O7S2/c1-5-9(8(10(18)19)16-25-5)26(21,22)17-12(20)15-11-13-6(23-2)4-7(14-11)24-3/h4H,1-3H3,(H,18,19)(H2,13,14,15,17,20). The molecule has 2 aromatic rings. The molecule has 0 saturated heterocycles. The second kappa shape index (κ2) is 7.49. The predicted molar refractivity (Wildman–Crippen MR) is 88.3 cm³/mol. The second-order valence-corrected chi connectivity index (χ2v) is 7.15. The maximum Gasteiger partial charge on any atom is 0.357 e. The van der Waals surface area contributed by atoms with Crippen LogP contribution < -0.4 is 19.5 Å². The fourth-order valence-corrected chi connectivity index (χ4v) is 4.02. The van der Waals surface area contributed by atoms with Crippen molar-refractivity contribution >= 4 is 39.5 Å². The maximum absolute atomic E-state index is 12.3. The van der Waals surface area contributed by atoms with Gasteiger partial charge in [0.2, 0.25) is 17.7 Å². The Kier molecular flexibility index (Phi) is 5.56. The lowest BCUT2D eigenvalue weighted by Gasteiger charge is -2.09. The fourth-order valence-electron chi connectivity index (χ4n) is 1.79. The number of aryl methyl sites for hydroxylation is 1. The molecule has 2 rings (SSSR count). The van der Waals surface area contributed by atoms with E-state index in [0.29, 0.717) is 11.5 Å². The van der Waals surface area contributed by atoms with Gasteiger partial charge in [0.1, 0.15) is 4.90 Å². The van der Waals surface area contributed by atoms with Gasteiger partial charge in [-0.05, 0) is 18.5 Å². The van der Waals surface area contributed by atoms with Crippen molar-refractivity contribution in [1.82, 2.24) is 19.1 Å². The Morgan fingerprint density at radius 3 is 2.27 bits per heavy atom. The molecule has 0 aromatic carbocycles. The van der Waals surface area contributed by atoms with Crippen molar-refractivity contribution in [3.63, 3.8) is 0 Å². The fraction of sp³-hybridized carbons (Fsp3) is 0.250. The van der Waals surface area contributed by atoms with Crippen LogP contribution in [0, 0.1) is 6.92 Å². The van der Waals surface area contributed by atoms with Crippen LogP contribution in [0.1, 0.15) is 15.4 Å². The van der Waals surface area contributed by atoms with Crippen molar-refractivity contribution in [3.8, 4) is 11.8 Å². The molecule has 0 fully saturated rings. The van der Waals surface area contributed by atoms with Gasteiger partial charge in [-0.3, -0.25) is 5.32 Å². The zero-order chi connectivity index (χ0) is 19.5. The van der Waals surface area contributed by atoms with Crippen LogP contribution in [0.4, 0.5) is 10.7 Å². The normalized spacial score (nSPS) is 10.9. The summed E-state index contributed by atoms with van der Waals surface area (Å²) < 4.78 is 39.7. The number of hydrogen-bond acceptors (Lipinski definition) is 10. The molecule has 0 atom stereocenters. The number of carboxylic acid groups (broad SMARTS) is 1. The number of rotatable bonds is 6. The van der Waals surface area contributed by atoms with E-state index in [2.05, 4.69) is 19.7 Å². The lowest BCUT2D eigenvalue weighted by molar-refractivity contribution is 0.0687. The average Bonchev–Trinajstić information content (AvgIpc) is 2.96. The van der Waals surface area contributed by atoms with Crippen LogP contribution in [0.2, 0.25) is 0 Å². The molecule has 140 valence electrons. The lowest BCUT2D eigenvalue weighted by Crippen LogP contribution is -2.35. The number of nitrogens with zero attached hydrogens (tertiary/aromatic N) is 3. The number of nitrogens with one attached hydrogen (secondary N) is 2. The Morgan fingerprint density at radius 1 is 1.19 bits per heavy atom. The van der Waals surface area contributed by atoms with E-state index < -0.39 is 32.6 Å². The molecule has 2 aromatic heterocycles. The summed E-state index contributed by atoms with van der Waals surface area (Å²) in [5, 5.41) is 11.1. The Bertz CT molecular complexity index is 935. The number of aromatic carboxylic acids is 1. The summed E-state index contributed by atoms with van der Waals surface area (Å²) in [7, 11) is -1.83. The van der Waals surface area contributed by atoms with E-state index in [9.17, 15) is 18.0 Å². The summed E-state index contributed by atoms with van der Waals surface area (Å²) in [4.78, 5) is 30.2.